The van der Waals surface area contributed by atoms with Crippen molar-refractivity contribution in [3.05, 3.63) is 18.1 Å². The van der Waals surface area contributed by atoms with Gasteiger partial charge in [0.25, 0.3) is 0 Å². The van der Waals surface area contributed by atoms with E-state index in [1.807, 2.05) is 17.9 Å². The van der Waals surface area contributed by atoms with Crippen molar-refractivity contribution >= 4 is 11.8 Å². The summed E-state index contributed by atoms with van der Waals surface area (Å²) in [4.78, 5) is 20.9. The van der Waals surface area contributed by atoms with E-state index in [-0.39, 0.29) is 12.5 Å². The van der Waals surface area contributed by atoms with Crippen LogP contribution in [0.4, 0.5) is 5.82 Å². The summed E-state index contributed by atoms with van der Waals surface area (Å²) in [7, 11) is 0. The van der Waals surface area contributed by atoms with Crippen LogP contribution >= 0.6 is 0 Å². The SMILES string of the molecule is Cc1cc(N2CCOC(CC(=O)O)C2)ncn1. The van der Waals surface area contributed by atoms with Crippen LogP contribution in [0.3, 0.4) is 0 Å². The van der Waals surface area contributed by atoms with E-state index in [2.05, 4.69) is 9.97 Å². The Hall–Kier alpha value is -1.69. The number of nitrogens with zero attached hydrogens (tertiary/aromatic N) is 3. The maximum Gasteiger partial charge on any atom is 0.306 e. The lowest BCUT2D eigenvalue weighted by Gasteiger charge is -2.33. The molecule has 92 valence electrons. The summed E-state index contributed by atoms with van der Waals surface area (Å²) < 4.78 is 5.40. The molecule has 6 heteroatoms. The molecule has 0 saturated carbocycles. The molecule has 2 rings (SSSR count). The zero-order valence-corrected chi connectivity index (χ0v) is 9.67. The lowest BCUT2D eigenvalue weighted by molar-refractivity contribution is -0.140. The Morgan fingerprint density at radius 2 is 2.47 bits per heavy atom. The van der Waals surface area contributed by atoms with E-state index in [1.54, 1.807) is 0 Å². The molecule has 1 N–H and O–H groups in total. The van der Waals surface area contributed by atoms with Crippen LogP contribution in [-0.4, -0.2) is 46.8 Å². The number of anilines is 1. The van der Waals surface area contributed by atoms with Gasteiger partial charge in [0.2, 0.25) is 0 Å². The summed E-state index contributed by atoms with van der Waals surface area (Å²) in [5, 5.41) is 8.74. The van der Waals surface area contributed by atoms with Crippen molar-refractivity contribution in [2.24, 2.45) is 0 Å². The first-order valence-electron chi connectivity index (χ1n) is 5.52. The van der Waals surface area contributed by atoms with E-state index in [4.69, 9.17) is 9.84 Å². The number of carboxylic acids is 1. The summed E-state index contributed by atoms with van der Waals surface area (Å²) in [6.45, 7) is 3.72. The molecule has 1 unspecified atom stereocenters. The molecule has 1 aromatic heterocycles. The van der Waals surface area contributed by atoms with E-state index < -0.39 is 5.97 Å². The van der Waals surface area contributed by atoms with Crippen molar-refractivity contribution < 1.29 is 14.6 Å². The quantitative estimate of drug-likeness (QED) is 0.823. The van der Waals surface area contributed by atoms with Gasteiger partial charge in [0.15, 0.2) is 0 Å². The molecule has 1 atom stereocenters. The van der Waals surface area contributed by atoms with E-state index in [1.165, 1.54) is 6.33 Å². The van der Waals surface area contributed by atoms with Crippen LogP contribution in [0.15, 0.2) is 12.4 Å². The van der Waals surface area contributed by atoms with E-state index in [9.17, 15) is 4.79 Å². The summed E-state index contributed by atoms with van der Waals surface area (Å²) in [5.41, 5.74) is 0.899. The molecule has 0 aliphatic carbocycles. The standard InChI is InChI=1S/C11H15N3O3/c1-8-4-10(13-7-12-8)14-2-3-17-9(6-14)5-11(15)16/h4,7,9H,2-3,5-6H2,1H3,(H,15,16). The monoisotopic (exact) mass is 237 g/mol. The van der Waals surface area contributed by atoms with Gasteiger partial charge in [-0.15, -0.1) is 0 Å². The fraction of sp³-hybridized carbons (Fsp3) is 0.545. The number of morpholine rings is 1. The Morgan fingerprint density at radius 1 is 1.65 bits per heavy atom. The number of hydrogen-bond donors (Lipinski definition) is 1. The molecule has 1 aliphatic rings. The summed E-state index contributed by atoms with van der Waals surface area (Å²) in [5.74, 6) is -0.00749. The Labute approximate surface area is 99.2 Å². The number of carbonyl (C=O) groups is 1. The zero-order chi connectivity index (χ0) is 12.3. The van der Waals surface area contributed by atoms with Crippen LogP contribution in [0.2, 0.25) is 0 Å². The van der Waals surface area contributed by atoms with Crippen LogP contribution in [0.25, 0.3) is 0 Å². The fourth-order valence-electron chi connectivity index (χ4n) is 1.86. The molecular weight excluding hydrogens is 222 g/mol. The number of ether oxygens (including phenoxy) is 1. The number of rotatable bonds is 3. The van der Waals surface area contributed by atoms with Gasteiger partial charge in [0.05, 0.1) is 19.1 Å². The summed E-state index contributed by atoms with van der Waals surface area (Å²) in [6, 6.07) is 1.89. The van der Waals surface area contributed by atoms with Crippen LogP contribution < -0.4 is 4.90 Å². The van der Waals surface area contributed by atoms with E-state index in [0.717, 1.165) is 18.1 Å². The van der Waals surface area contributed by atoms with Crippen LogP contribution in [0, 0.1) is 6.92 Å². The lowest BCUT2D eigenvalue weighted by Crippen LogP contribution is -2.43. The van der Waals surface area contributed by atoms with Gasteiger partial charge in [0.1, 0.15) is 12.1 Å². The van der Waals surface area contributed by atoms with Gasteiger partial charge in [-0.3, -0.25) is 4.79 Å². The summed E-state index contributed by atoms with van der Waals surface area (Å²) >= 11 is 0. The van der Waals surface area contributed by atoms with Gasteiger partial charge in [0, 0.05) is 24.8 Å². The van der Waals surface area contributed by atoms with Crippen molar-refractivity contribution in [3.8, 4) is 0 Å². The van der Waals surface area contributed by atoms with Crippen molar-refractivity contribution in [2.45, 2.75) is 19.4 Å². The molecule has 0 aromatic carbocycles. The van der Waals surface area contributed by atoms with Gasteiger partial charge in [-0.25, -0.2) is 9.97 Å². The molecule has 1 aliphatic heterocycles. The number of aliphatic carboxylic acids is 1. The largest absolute Gasteiger partial charge is 0.481 e. The third-order valence-electron chi connectivity index (χ3n) is 2.65. The van der Waals surface area contributed by atoms with Crippen LogP contribution in [-0.2, 0) is 9.53 Å². The second-order valence-electron chi connectivity index (χ2n) is 4.05. The van der Waals surface area contributed by atoms with Gasteiger partial charge in [-0.1, -0.05) is 0 Å². The minimum Gasteiger partial charge on any atom is -0.481 e. The maximum atomic E-state index is 10.6. The predicted octanol–water partition coefficient (Wildman–Crippen LogP) is 0.465. The van der Waals surface area contributed by atoms with Gasteiger partial charge in [-0.2, -0.15) is 0 Å². The maximum absolute atomic E-state index is 10.6. The smallest absolute Gasteiger partial charge is 0.306 e. The zero-order valence-electron chi connectivity index (χ0n) is 9.67. The highest BCUT2D eigenvalue weighted by Gasteiger charge is 2.23. The fourth-order valence-corrected chi connectivity index (χ4v) is 1.86. The first-order valence-corrected chi connectivity index (χ1v) is 5.52. The van der Waals surface area contributed by atoms with Crippen molar-refractivity contribution in [3.63, 3.8) is 0 Å². The van der Waals surface area contributed by atoms with Crippen molar-refractivity contribution in [2.75, 3.05) is 24.6 Å². The van der Waals surface area contributed by atoms with E-state index >= 15 is 0 Å². The third kappa shape index (κ3) is 3.13. The second kappa shape index (κ2) is 5.09. The number of aromatic nitrogens is 2. The Morgan fingerprint density at radius 3 is 3.18 bits per heavy atom. The van der Waals surface area contributed by atoms with Crippen molar-refractivity contribution in [1.29, 1.82) is 0 Å². The molecule has 2 heterocycles. The first kappa shape index (κ1) is 11.8. The highest BCUT2D eigenvalue weighted by molar-refractivity contribution is 5.67. The Bertz CT molecular complexity index is 411. The molecule has 1 saturated heterocycles. The average molecular weight is 237 g/mol. The highest BCUT2D eigenvalue weighted by atomic mass is 16.5. The molecule has 1 fully saturated rings. The predicted molar refractivity (Wildman–Crippen MR) is 61.0 cm³/mol. The lowest BCUT2D eigenvalue weighted by atomic mass is 10.2. The van der Waals surface area contributed by atoms with Crippen molar-refractivity contribution in [1.82, 2.24) is 9.97 Å². The van der Waals surface area contributed by atoms with Gasteiger partial charge < -0.3 is 14.7 Å². The van der Waals surface area contributed by atoms with Gasteiger partial charge in [-0.05, 0) is 6.92 Å². The molecule has 1 aromatic rings. The minimum atomic E-state index is -0.837. The average Bonchev–Trinajstić information content (AvgIpc) is 2.28. The molecular formula is C11H15N3O3. The van der Waals surface area contributed by atoms with Crippen LogP contribution in [0.1, 0.15) is 12.1 Å². The highest BCUT2D eigenvalue weighted by Crippen LogP contribution is 2.16. The number of carboxylic acid groups (broad SMARTS) is 1. The van der Waals surface area contributed by atoms with E-state index in [0.29, 0.717) is 13.2 Å². The number of aryl methyl sites for hydroxylation is 1. The minimum absolute atomic E-state index is 0.0283. The normalized spacial score (nSPS) is 20.3. The third-order valence-corrected chi connectivity index (χ3v) is 2.65. The molecule has 17 heavy (non-hydrogen) atoms. The Balaban J connectivity index is 2.04. The number of hydrogen-bond acceptors (Lipinski definition) is 5. The van der Waals surface area contributed by atoms with Gasteiger partial charge >= 0.3 is 5.97 Å². The molecule has 0 radical (unpaired) electrons. The topological polar surface area (TPSA) is 75.5 Å². The molecule has 6 nitrogen and oxygen atoms in total. The molecule has 0 amide bonds. The van der Waals surface area contributed by atoms with Crippen LogP contribution in [0.5, 0.6) is 0 Å². The summed E-state index contributed by atoms with van der Waals surface area (Å²) in [6.07, 6.45) is 1.28. The molecule has 0 spiro atoms. The Kier molecular flexibility index (Phi) is 3.53. The first-order chi connectivity index (χ1) is 8.15. The molecule has 0 bridgehead atoms. The second-order valence-corrected chi connectivity index (χ2v) is 4.05.